The Hall–Kier alpha value is -2.92. The van der Waals surface area contributed by atoms with Crippen LogP contribution in [0.3, 0.4) is 0 Å². The van der Waals surface area contributed by atoms with Crippen molar-refractivity contribution in [3.63, 3.8) is 0 Å². The first-order chi connectivity index (χ1) is 14.5. The second-order valence-electron chi connectivity index (χ2n) is 7.36. The topological polar surface area (TPSA) is 47.3 Å². The second kappa shape index (κ2) is 8.44. The minimum absolute atomic E-state index is 0.433. The van der Waals surface area contributed by atoms with E-state index in [1.165, 1.54) is 0 Å². The third-order valence-electron chi connectivity index (χ3n) is 5.57. The van der Waals surface area contributed by atoms with E-state index < -0.39 is 5.60 Å². The molecule has 152 valence electrons. The van der Waals surface area contributed by atoms with E-state index in [-0.39, 0.29) is 0 Å². The molecule has 4 aromatic rings. The number of halogens is 1. The molecule has 1 aromatic heterocycles. The van der Waals surface area contributed by atoms with Gasteiger partial charge in [-0.05, 0) is 49.2 Å². The van der Waals surface area contributed by atoms with Gasteiger partial charge in [0.25, 0.3) is 0 Å². The van der Waals surface area contributed by atoms with E-state index in [0.29, 0.717) is 11.4 Å². The van der Waals surface area contributed by atoms with Gasteiger partial charge in [0.1, 0.15) is 0 Å². The van der Waals surface area contributed by atoms with Crippen molar-refractivity contribution in [2.45, 2.75) is 25.9 Å². The number of hydrogen-bond acceptors (Lipinski definition) is 3. The van der Waals surface area contributed by atoms with Gasteiger partial charge >= 0.3 is 0 Å². The summed E-state index contributed by atoms with van der Waals surface area (Å²) in [5.74, 6) is 0. The van der Waals surface area contributed by atoms with Gasteiger partial charge in [-0.3, -0.25) is 5.26 Å². The zero-order valence-corrected chi connectivity index (χ0v) is 17.7. The van der Waals surface area contributed by atoms with Crippen LogP contribution in [0.5, 0.6) is 0 Å². The van der Waals surface area contributed by atoms with Crippen LogP contribution in [-0.2, 0) is 16.9 Å². The van der Waals surface area contributed by atoms with E-state index in [9.17, 15) is 5.26 Å². The SMILES string of the molecule is Cc1nn(-c2ccc(Cl)cc2)c(C)c1CC(OO)(c1ccccc1)c1ccccc1. The standard InChI is InChI=1S/C25H23ClN2O2/c1-18-24(19(2)28(27-18)23-15-13-22(26)14-16-23)17-25(30-29,20-9-5-3-6-10-20)21-11-7-4-8-12-21/h3-16,29H,17H2,1-2H3. The van der Waals surface area contributed by atoms with Gasteiger partial charge in [0.15, 0.2) is 5.60 Å². The zero-order chi connectivity index (χ0) is 21.1. The summed E-state index contributed by atoms with van der Waals surface area (Å²) in [4.78, 5) is 5.30. The van der Waals surface area contributed by atoms with Crippen molar-refractivity contribution < 1.29 is 10.1 Å². The average Bonchev–Trinajstić information content (AvgIpc) is 3.07. The van der Waals surface area contributed by atoms with Crippen molar-refractivity contribution >= 4 is 11.6 Å². The summed E-state index contributed by atoms with van der Waals surface area (Å²) in [6.07, 6.45) is 0.433. The van der Waals surface area contributed by atoms with Gasteiger partial charge < -0.3 is 0 Å². The number of nitrogens with zero attached hydrogens (tertiary/aromatic N) is 2. The summed E-state index contributed by atoms with van der Waals surface area (Å²) in [7, 11) is 0. The fourth-order valence-electron chi connectivity index (χ4n) is 3.94. The van der Waals surface area contributed by atoms with Crippen molar-refractivity contribution in [2.75, 3.05) is 0 Å². The summed E-state index contributed by atoms with van der Waals surface area (Å²) in [5.41, 5.74) is 4.52. The Labute approximate surface area is 181 Å². The third kappa shape index (κ3) is 3.65. The molecule has 4 rings (SSSR count). The number of rotatable bonds is 6. The molecule has 1 N–H and O–H groups in total. The van der Waals surface area contributed by atoms with Gasteiger partial charge in [0.2, 0.25) is 0 Å². The molecule has 30 heavy (non-hydrogen) atoms. The van der Waals surface area contributed by atoms with Crippen LogP contribution in [0.4, 0.5) is 0 Å². The maximum Gasteiger partial charge on any atom is 0.157 e. The third-order valence-corrected chi connectivity index (χ3v) is 5.83. The molecular formula is C25H23ClN2O2. The Morgan fingerprint density at radius 1 is 0.867 bits per heavy atom. The minimum atomic E-state index is -1.05. The highest BCUT2D eigenvalue weighted by Crippen LogP contribution is 2.38. The van der Waals surface area contributed by atoms with E-state index >= 15 is 0 Å². The van der Waals surface area contributed by atoms with Crippen LogP contribution in [0.1, 0.15) is 28.1 Å². The molecule has 0 atom stereocenters. The number of hydrogen-bond donors (Lipinski definition) is 1. The molecule has 0 saturated carbocycles. The summed E-state index contributed by atoms with van der Waals surface area (Å²) < 4.78 is 1.90. The maximum atomic E-state index is 10.2. The summed E-state index contributed by atoms with van der Waals surface area (Å²) >= 11 is 6.04. The van der Waals surface area contributed by atoms with Gasteiger partial charge in [0, 0.05) is 22.7 Å². The predicted octanol–water partition coefficient (Wildman–Crippen LogP) is 6.12. The molecule has 0 spiro atoms. The highest BCUT2D eigenvalue weighted by Gasteiger charge is 2.38. The molecule has 0 amide bonds. The number of aromatic nitrogens is 2. The van der Waals surface area contributed by atoms with Crippen LogP contribution >= 0.6 is 11.6 Å². The van der Waals surface area contributed by atoms with Gasteiger partial charge in [-0.25, -0.2) is 9.57 Å². The lowest BCUT2D eigenvalue weighted by molar-refractivity contribution is -0.315. The maximum absolute atomic E-state index is 10.2. The molecule has 1 heterocycles. The zero-order valence-electron chi connectivity index (χ0n) is 16.9. The fraction of sp³-hybridized carbons (Fsp3) is 0.160. The van der Waals surface area contributed by atoms with Crippen molar-refractivity contribution in [3.05, 3.63) is 118 Å². The van der Waals surface area contributed by atoms with Gasteiger partial charge in [-0.2, -0.15) is 5.10 Å². The Kier molecular flexibility index (Phi) is 5.73. The van der Waals surface area contributed by atoms with E-state index in [1.54, 1.807) is 0 Å². The number of aryl methyl sites for hydroxylation is 1. The Bertz CT molecular complexity index is 1080. The van der Waals surface area contributed by atoms with Crippen molar-refractivity contribution in [2.24, 2.45) is 0 Å². The van der Waals surface area contributed by atoms with Crippen molar-refractivity contribution in [1.82, 2.24) is 9.78 Å². The van der Waals surface area contributed by atoms with Crippen LogP contribution < -0.4 is 0 Å². The van der Waals surface area contributed by atoms with E-state index in [4.69, 9.17) is 21.6 Å². The van der Waals surface area contributed by atoms with E-state index in [0.717, 1.165) is 33.8 Å². The smallest absolute Gasteiger partial charge is 0.157 e. The Morgan fingerprint density at radius 3 is 1.90 bits per heavy atom. The lowest BCUT2D eigenvalue weighted by Gasteiger charge is -2.32. The molecule has 0 saturated heterocycles. The lowest BCUT2D eigenvalue weighted by Crippen LogP contribution is -2.33. The monoisotopic (exact) mass is 418 g/mol. The first kappa shape index (κ1) is 20.4. The van der Waals surface area contributed by atoms with Crippen molar-refractivity contribution in [3.8, 4) is 5.69 Å². The first-order valence-corrected chi connectivity index (χ1v) is 10.2. The highest BCUT2D eigenvalue weighted by molar-refractivity contribution is 6.30. The largest absolute Gasteiger partial charge is 0.251 e. The normalized spacial score (nSPS) is 11.6. The Morgan fingerprint density at radius 2 is 1.40 bits per heavy atom. The quantitative estimate of drug-likeness (QED) is 0.303. The number of benzene rings is 3. The van der Waals surface area contributed by atoms with Gasteiger partial charge in [-0.1, -0.05) is 72.3 Å². The van der Waals surface area contributed by atoms with Crippen LogP contribution in [0.15, 0.2) is 84.9 Å². The minimum Gasteiger partial charge on any atom is -0.251 e. The summed E-state index contributed by atoms with van der Waals surface area (Å²) in [5, 5.41) is 15.7. The van der Waals surface area contributed by atoms with Gasteiger partial charge in [-0.15, -0.1) is 0 Å². The molecule has 0 aliphatic rings. The first-order valence-electron chi connectivity index (χ1n) is 9.80. The predicted molar refractivity (Wildman–Crippen MR) is 119 cm³/mol. The van der Waals surface area contributed by atoms with Gasteiger partial charge in [0.05, 0.1) is 11.4 Å². The highest BCUT2D eigenvalue weighted by atomic mass is 35.5. The molecule has 0 unspecified atom stereocenters. The molecule has 3 aromatic carbocycles. The molecule has 4 nitrogen and oxygen atoms in total. The van der Waals surface area contributed by atoms with Crippen LogP contribution in [-0.4, -0.2) is 15.0 Å². The van der Waals surface area contributed by atoms with Crippen molar-refractivity contribution in [1.29, 1.82) is 0 Å². The summed E-state index contributed by atoms with van der Waals surface area (Å²) in [6, 6.07) is 27.1. The average molecular weight is 419 g/mol. The van der Waals surface area contributed by atoms with Crippen LogP contribution in [0.25, 0.3) is 5.69 Å². The molecule has 0 aliphatic carbocycles. The van der Waals surface area contributed by atoms with E-state index in [2.05, 4.69) is 0 Å². The molecule has 0 aliphatic heterocycles. The lowest BCUT2D eigenvalue weighted by atomic mass is 9.81. The van der Waals surface area contributed by atoms with E-state index in [1.807, 2.05) is 103 Å². The molecule has 0 fully saturated rings. The Balaban J connectivity index is 1.84. The fourth-order valence-corrected chi connectivity index (χ4v) is 4.06. The molecule has 5 heteroatoms. The second-order valence-corrected chi connectivity index (χ2v) is 7.80. The molecule has 0 bridgehead atoms. The van der Waals surface area contributed by atoms with Crippen LogP contribution in [0, 0.1) is 13.8 Å². The summed E-state index contributed by atoms with van der Waals surface area (Å²) in [6.45, 7) is 4.01. The molecular weight excluding hydrogens is 396 g/mol. The van der Waals surface area contributed by atoms with Crippen LogP contribution in [0.2, 0.25) is 5.02 Å². The molecule has 0 radical (unpaired) electrons.